The third-order valence-electron chi connectivity index (χ3n) is 13.8. The van der Waals surface area contributed by atoms with Gasteiger partial charge in [-0.3, -0.25) is 0 Å². The van der Waals surface area contributed by atoms with Crippen LogP contribution < -0.4 is 9.80 Å². The van der Waals surface area contributed by atoms with Crippen LogP contribution in [-0.4, -0.2) is 38.5 Å². The molecule has 0 spiro atoms. The third kappa shape index (κ3) is 10.5. The molecule has 6 heteroatoms. The van der Waals surface area contributed by atoms with E-state index in [-0.39, 0.29) is 41.0 Å². The normalized spacial score (nSPS) is 18.8. The largest absolute Gasteiger partial charge is 0.147 e. The van der Waals surface area contributed by atoms with E-state index in [2.05, 4.69) is 136 Å². The molecular weight excluding hydrogens is 880 g/mol. The SMILES string of the molecule is C1CCC(P(C2CCCCC2)C2CCCCC2)CC1.Cc1cc(C)c(N2CCN(c3c(C)cc(C)cc3C)[C]2=[Ru]=[C]2C=C(c3ccccc3)c3ccccc32)c(C)c1.Cl.Cl. The molecular formula is C54H71Cl2N2PRu. The van der Waals surface area contributed by atoms with Gasteiger partial charge in [-0.05, 0) is 55.5 Å². The zero-order valence-corrected chi connectivity index (χ0v) is 41.6. The number of halogens is 2. The summed E-state index contributed by atoms with van der Waals surface area (Å²) in [6.07, 6.45) is 26.1. The number of rotatable bonds is 6. The first-order chi connectivity index (χ1) is 28.3. The molecule has 0 amide bonds. The van der Waals surface area contributed by atoms with E-state index in [1.807, 2.05) is 0 Å². The van der Waals surface area contributed by atoms with E-state index in [1.54, 1.807) is 77.0 Å². The van der Waals surface area contributed by atoms with Crippen LogP contribution in [0.1, 0.15) is 146 Å². The quantitative estimate of drug-likeness (QED) is 0.140. The summed E-state index contributed by atoms with van der Waals surface area (Å²) in [5, 5.41) is 0. The van der Waals surface area contributed by atoms with E-state index < -0.39 is 0 Å². The average Bonchev–Trinajstić information content (AvgIpc) is 3.80. The average molecular weight is 951 g/mol. The Labute approximate surface area is 384 Å². The van der Waals surface area contributed by atoms with E-state index in [0.29, 0.717) is 7.92 Å². The molecule has 1 aliphatic heterocycles. The summed E-state index contributed by atoms with van der Waals surface area (Å²) in [6, 6.07) is 29.2. The van der Waals surface area contributed by atoms with E-state index >= 15 is 0 Å². The van der Waals surface area contributed by atoms with E-state index in [1.165, 1.54) is 112 Å². The second-order valence-electron chi connectivity index (χ2n) is 18.3. The molecule has 5 aliphatic rings. The van der Waals surface area contributed by atoms with Crippen molar-refractivity contribution in [2.75, 3.05) is 22.9 Å². The molecule has 1 heterocycles. The maximum absolute atomic E-state index is 2.64. The fourth-order valence-corrected chi connectivity index (χ4v) is 18.8. The first kappa shape index (κ1) is 47.1. The molecule has 4 aromatic rings. The molecule has 0 aromatic heterocycles. The van der Waals surface area contributed by atoms with Crippen molar-refractivity contribution in [2.24, 2.45) is 0 Å². The Morgan fingerprint density at radius 2 is 0.867 bits per heavy atom. The molecule has 4 fully saturated rings. The molecule has 4 aliphatic carbocycles. The van der Waals surface area contributed by atoms with Gasteiger partial charge in [0.2, 0.25) is 0 Å². The van der Waals surface area contributed by atoms with Gasteiger partial charge in [-0.2, -0.15) is 0 Å². The number of hydrogen-bond donors (Lipinski definition) is 0. The summed E-state index contributed by atoms with van der Waals surface area (Å²) < 4.78 is 2.94. The van der Waals surface area contributed by atoms with Crippen LogP contribution in [0.25, 0.3) is 5.57 Å². The number of benzene rings is 4. The standard InChI is InChI=1S/C21H26N2.C18H33P.C15H10.2ClH.Ru/c1-14-9-16(3)20(17(4)10-14)22-7-8-23(13-22)21-18(5)11-15(2)12-19(21)6;1-4-10-16(11-5-1)19(17-12-6-2-7-13-17)18-14-8-3-9-15-18;1-2-6-12(7-3-1)15-11-10-13-8-4-5-9-14(13)15;;;/h9-12H,7-8H2,1-6H3;16-18H,1-15H2;1-9,11H;2*1H;. The van der Waals surface area contributed by atoms with Crippen molar-refractivity contribution in [1.82, 2.24) is 0 Å². The monoisotopic (exact) mass is 950 g/mol. The molecule has 1 saturated heterocycles. The molecule has 2 nitrogen and oxygen atoms in total. The molecule has 0 N–H and O–H groups in total. The van der Waals surface area contributed by atoms with Crippen LogP contribution in [0.15, 0.2) is 84.9 Å². The first-order valence-corrected chi connectivity index (χ1v) is 26.3. The Balaban J connectivity index is 0.000000242. The van der Waals surface area contributed by atoms with Crippen LogP contribution in [0, 0.1) is 41.5 Å². The smallest absolute Gasteiger partial charge is 0.147 e. The Morgan fingerprint density at radius 3 is 1.28 bits per heavy atom. The number of hydrogen-bond acceptors (Lipinski definition) is 2. The molecule has 60 heavy (non-hydrogen) atoms. The molecule has 0 radical (unpaired) electrons. The van der Waals surface area contributed by atoms with Crippen LogP contribution in [0.5, 0.6) is 0 Å². The Bertz CT molecular complexity index is 2010. The first-order valence-electron chi connectivity index (χ1n) is 23.0. The number of fused-ring (bicyclic) bond motifs is 1. The van der Waals surface area contributed by atoms with Gasteiger partial charge in [-0.1, -0.05) is 65.7 Å². The van der Waals surface area contributed by atoms with Crippen molar-refractivity contribution in [2.45, 2.75) is 155 Å². The third-order valence-corrected chi connectivity index (χ3v) is 20.4. The molecule has 324 valence electrons. The van der Waals surface area contributed by atoms with Gasteiger partial charge < -0.3 is 0 Å². The van der Waals surface area contributed by atoms with Crippen LogP contribution >= 0.6 is 32.7 Å². The number of allylic oxidation sites excluding steroid dienone is 1. The number of aryl methyl sites for hydroxylation is 6. The summed E-state index contributed by atoms with van der Waals surface area (Å²) in [4.78, 5) is 5.29. The van der Waals surface area contributed by atoms with Crippen molar-refractivity contribution in [1.29, 1.82) is 0 Å². The van der Waals surface area contributed by atoms with Gasteiger partial charge in [-0.15, -0.1) is 24.8 Å². The molecule has 0 unspecified atom stereocenters. The second kappa shape index (κ2) is 21.8. The van der Waals surface area contributed by atoms with Gasteiger partial charge >= 0.3 is 241 Å². The second-order valence-corrected chi connectivity index (χ2v) is 23.5. The van der Waals surface area contributed by atoms with Crippen LogP contribution in [0.2, 0.25) is 0 Å². The molecule has 4 aromatic carbocycles. The predicted molar refractivity (Wildman–Crippen MR) is 267 cm³/mol. The Kier molecular flexibility index (Phi) is 17.1. The number of nitrogens with zero attached hydrogens (tertiary/aromatic N) is 2. The number of anilines is 2. The van der Waals surface area contributed by atoms with Gasteiger partial charge in [0.1, 0.15) is 0 Å². The fraction of sp³-hybridized carbons (Fsp3) is 0.481. The summed E-state index contributed by atoms with van der Waals surface area (Å²) in [6.45, 7) is 15.5. The zero-order valence-electron chi connectivity index (χ0n) is 37.3. The van der Waals surface area contributed by atoms with Gasteiger partial charge in [0.15, 0.2) is 0 Å². The zero-order chi connectivity index (χ0) is 40.2. The molecule has 9 rings (SSSR count). The van der Waals surface area contributed by atoms with Gasteiger partial charge in [0.05, 0.1) is 0 Å². The maximum atomic E-state index is 2.64. The van der Waals surface area contributed by atoms with Gasteiger partial charge in [0, 0.05) is 0 Å². The van der Waals surface area contributed by atoms with Gasteiger partial charge in [-0.25, -0.2) is 0 Å². The predicted octanol–water partition coefficient (Wildman–Crippen LogP) is 15.0. The van der Waals surface area contributed by atoms with Crippen LogP contribution in [0.3, 0.4) is 0 Å². The van der Waals surface area contributed by atoms with Crippen molar-refractivity contribution >= 4 is 58.1 Å². The summed E-state index contributed by atoms with van der Waals surface area (Å²) in [7, 11) is 0.385. The minimum absolute atomic E-state index is 0. The van der Waals surface area contributed by atoms with Crippen molar-refractivity contribution in [3.05, 3.63) is 135 Å². The summed E-state index contributed by atoms with van der Waals surface area (Å²) >= 11 is -0.233. The Morgan fingerprint density at radius 1 is 0.483 bits per heavy atom. The van der Waals surface area contributed by atoms with Crippen LogP contribution in [-0.2, 0) is 16.2 Å². The minimum atomic E-state index is -0.233. The van der Waals surface area contributed by atoms with Crippen molar-refractivity contribution in [3.8, 4) is 0 Å². The minimum Gasteiger partial charge on any atom is -0.147 e. The molecule has 3 saturated carbocycles. The van der Waals surface area contributed by atoms with Gasteiger partial charge in [0.25, 0.3) is 0 Å². The fourth-order valence-electron chi connectivity index (χ4n) is 11.5. The summed E-state index contributed by atoms with van der Waals surface area (Å²) in [5.41, 5.74) is 19.8. The maximum Gasteiger partial charge on any atom is -0.147 e. The van der Waals surface area contributed by atoms with E-state index in [9.17, 15) is 0 Å². The van der Waals surface area contributed by atoms with Crippen molar-refractivity contribution < 1.29 is 16.2 Å². The van der Waals surface area contributed by atoms with E-state index in [4.69, 9.17) is 0 Å². The van der Waals surface area contributed by atoms with Crippen molar-refractivity contribution in [3.63, 3.8) is 0 Å². The Hall–Kier alpha value is -2.41. The van der Waals surface area contributed by atoms with E-state index in [0.717, 1.165) is 13.1 Å². The van der Waals surface area contributed by atoms with Crippen LogP contribution in [0.4, 0.5) is 11.4 Å². The topological polar surface area (TPSA) is 6.48 Å². The summed E-state index contributed by atoms with van der Waals surface area (Å²) in [5.74, 6) is 0. The molecule has 0 bridgehead atoms. The molecule has 0 atom stereocenters.